The Hall–Kier alpha value is -1.79. The molecule has 1 aliphatic heterocycles. The van der Waals surface area contributed by atoms with E-state index in [1.165, 1.54) is 38.6 Å². The normalized spacial score (nSPS) is 15.2. The number of rotatable bonds is 13. The molecule has 1 saturated heterocycles. The maximum Gasteiger partial charge on any atom is 0.411 e. The number of nitrogens with zero attached hydrogens (tertiary/aromatic N) is 2. The van der Waals surface area contributed by atoms with E-state index in [4.69, 9.17) is 9.47 Å². The van der Waals surface area contributed by atoms with Gasteiger partial charge in [-0.15, -0.1) is 0 Å². The summed E-state index contributed by atoms with van der Waals surface area (Å²) in [7, 11) is 0. The second kappa shape index (κ2) is 14.2. The number of piperazine rings is 1. The molecule has 0 spiro atoms. The van der Waals surface area contributed by atoms with Gasteiger partial charge in [0.25, 0.3) is 0 Å². The summed E-state index contributed by atoms with van der Waals surface area (Å²) in [6.45, 7) is 11.7. The van der Waals surface area contributed by atoms with E-state index >= 15 is 0 Å². The standard InChI is InChI=1S/C23H39N3O3/c1-3-5-6-7-10-19-28-22-12-9-8-11-21(22)24-23(27)29-20-18-26-16-14-25(13-4-2)15-17-26/h8-9,11-12H,3-7,10,13-20H2,1-2H3,(H,24,27). The SMILES string of the molecule is CCCCCCCOc1ccccc1NC(=O)OCCN1CCN(CCC)CC1. The van der Waals surface area contributed by atoms with E-state index in [-0.39, 0.29) is 0 Å². The summed E-state index contributed by atoms with van der Waals surface area (Å²) < 4.78 is 11.3. The number of carbonyl (C=O) groups excluding carboxylic acids is 1. The molecule has 1 heterocycles. The fraction of sp³-hybridized carbons (Fsp3) is 0.696. The van der Waals surface area contributed by atoms with Crippen LogP contribution in [0.5, 0.6) is 5.75 Å². The van der Waals surface area contributed by atoms with Crippen molar-refractivity contribution in [3.63, 3.8) is 0 Å². The number of unbranched alkanes of at least 4 members (excludes halogenated alkanes) is 4. The molecule has 0 aliphatic carbocycles. The average Bonchev–Trinajstić information content (AvgIpc) is 2.73. The van der Waals surface area contributed by atoms with Gasteiger partial charge in [0, 0.05) is 32.7 Å². The first-order valence-corrected chi connectivity index (χ1v) is 11.3. The highest BCUT2D eigenvalue weighted by molar-refractivity contribution is 5.86. The Labute approximate surface area is 176 Å². The number of benzene rings is 1. The van der Waals surface area contributed by atoms with E-state index < -0.39 is 6.09 Å². The van der Waals surface area contributed by atoms with Gasteiger partial charge in [0.2, 0.25) is 0 Å². The van der Waals surface area contributed by atoms with Crippen LogP contribution < -0.4 is 10.1 Å². The Balaban J connectivity index is 1.64. The van der Waals surface area contributed by atoms with Crippen LogP contribution in [0.25, 0.3) is 0 Å². The summed E-state index contributed by atoms with van der Waals surface area (Å²) >= 11 is 0. The number of ether oxygens (including phenoxy) is 2. The second-order valence-corrected chi connectivity index (χ2v) is 7.70. The quantitative estimate of drug-likeness (QED) is 0.486. The van der Waals surface area contributed by atoms with Crippen LogP contribution in [0.15, 0.2) is 24.3 Å². The molecule has 0 bridgehead atoms. The maximum atomic E-state index is 12.2. The third-order valence-corrected chi connectivity index (χ3v) is 5.27. The van der Waals surface area contributed by atoms with Crippen molar-refractivity contribution in [2.75, 3.05) is 57.8 Å². The molecule has 1 aliphatic rings. The number of amides is 1. The zero-order valence-electron chi connectivity index (χ0n) is 18.3. The minimum atomic E-state index is -0.423. The van der Waals surface area contributed by atoms with Gasteiger partial charge in [0.15, 0.2) is 0 Å². The molecule has 1 N–H and O–H groups in total. The lowest BCUT2D eigenvalue weighted by molar-refractivity contribution is 0.101. The third-order valence-electron chi connectivity index (χ3n) is 5.27. The number of hydrogen-bond acceptors (Lipinski definition) is 5. The molecule has 1 fully saturated rings. The molecule has 1 amide bonds. The highest BCUT2D eigenvalue weighted by atomic mass is 16.5. The third kappa shape index (κ3) is 9.50. The first-order chi connectivity index (χ1) is 14.2. The van der Waals surface area contributed by atoms with Crippen molar-refractivity contribution in [2.24, 2.45) is 0 Å². The first kappa shape index (κ1) is 23.5. The molecule has 29 heavy (non-hydrogen) atoms. The fourth-order valence-electron chi connectivity index (χ4n) is 3.55. The summed E-state index contributed by atoms with van der Waals surface area (Å²) in [5.74, 6) is 0.701. The molecular weight excluding hydrogens is 366 g/mol. The summed E-state index contributed by atoms with van der Waals surface area (Å²) in [5, 5.41) is 2.82. The number of para-hydroxylation sites is 2. The molecule has 0 unspecified atom stereocenters. The number of nitrogens with one attached hydrogen (secondary N) is 1. The first-order valence-electron chi connectivity index (χ1n) is 11.3. The summed E-state index contributed by atoms with van der Waals surface area (Å²) in [6.07, 6.45) is 6.76. The van der Waals surface area contributed by atoms with E-state index in [0.29, 0.717) is 24.7 Å². The minimum Gasteiger partial charge on any atom is -0.491 e. The number of carbonyl (C=O) groups is 1. The molecule has 0 aromatic heterocycles. The second-order valence-electron chi connectivity index (χ2n) is 7.70. The Morgan fingerprint density at radius 1 is 0.897 bits per heavy atom. The van der Waals surface area contributed by atoms with E-state index in [0.717, 1.165) is 39.1 Å². The lowest BCUT2D eigenvalue weighted by atomic mass is 10.2. The Bertz CT molecular complexity index is 574. The Morgan fingerprint density at radius 2 is 1.59 bits per heavy atom. The lowest BCUT2D eigenvalue weighted by Gasteiger charge is -2.34. The Kier molecular flexibility index (Phi) is 11.5. The highest BCUT2D eigenvalue weighted by Gasteiger charge is 2.16. The van der Waals surface area contributed by atoms with Crippen molar-refractivity contribution in [3.05, 3.63) is 24.3 Å². The molecule has 0 radical (unpaired) electrons. The van der Waals surface area contributed by atoms with E-state index in [9.17, 15) is 4.79 Å². The largest absolute Gasteiger partial charge is 0.491 e. The lowest BCUT2D eigenvalue weighted by Crippen LogP contribution is -2.47. The van der Waals surface area contributed by atoms with Gasteiger partial charge in [-0.3, -0.25) is 10.2 Å². The van der Waals surface area contributed by atoms with Crippen molar-refractivity contribution in [2.45, 2.75) is 52.4 Å². The van der Waals surface area contributed by atoms with Gasteiger partial charge >= 0.3 is 6.09 Å². The fourth-order valence-corrected chi connectivity index (χ4v) is 3.55. The van der Waals surface area contributed by atoms with Gasteiger partial charge in [0.05, 0.1) is 12.3 Å². The molecule has 0 atom stereocenters. The van der Waals surface area contributed by atoms with Crippen LogP contribution >= 0.6 is 0 Å². The van der Waals surface area contributed by atoms with Crippen molar-refractivity contribution < 1.29 is 14.3 Å². The van der Waals surface area contributed by atoms with Gasteiger partial charge in [-0.2, -0.15) is 0 Å². The topological polar surface area (TPSA) is 54.0 Å². The molecule has 164 valence electrons. The molecule has 6 nitrogen and oxygen atoms in total. The smallest absolute Gasteiger partial charge is 0.411 e. The van der Waals surface area contributed by atoms with Crippen molar-refractivity contribution in [3.8, 4) is 5.75 Å². The van der Waals surface area contributed by atoms with Crippen LogP contribution in [0.4, 0.5) is 10.5 Å². The number of anilines is 1. The maximum absolute atomic E-state index is 12.2. The summed E-state index contributed by atoms with van der Waals surface area (Å²) in [4.78, 5) is 17.0. The summed E-state index contributed by atoms with van der Waals surface area (Å²) in [5.41, 5.74) is 0.666. The predicted octanol–water partition coefficient (Wildman–Crippen LogP) is 4.61. The molecular formula is C23H39N3O3. The predicted molar refractivity (Wildman–Crippen MR) is 119 cm³/mol. The van der Waals surface area contributed by atoms with E-state index in [1.54, 1.807) is 0 Å². The van der Waals surface area contributed by atoms with Crippen LogP contribution in [-0.4, -0.2) is 68.4 Å². The van der Waals surface area contributed by atoms with Gasteiger partial charge in [0.1, 0.15) is 12.4 Å². The Morgan fingerprint density at radius 3 is 2.31 bits per heavy atom. The van der Waals surface area contributed by atoms with Gasteiger partial charge in [-0.05, 0) is 31.5 Å². The van der Waals surface area contributed by atoms with Crippen molar-refractivity contribution in [1.29, 1.82) is 0 Å². The molecule has 0 saturated carbocycles. The van der Waals surface area contributed by atoms with Gasteiger partial charge < -0.3 is 14.4 Å². The van der Waals surface area contributed by atoms with Crippen molar-refractivity contribution >= 4 is 11.8 Å². The molecule has 1 aromatic rings. The molecule has 1 aromatic carbocycles. The van der Waals surface area contributed by atoms with Crippen LogP contribution in [0.1, 0.15) is 52.4 Å². The van der Waals surface area contributed by atoms with Crippen LogP contribution in [0, 0.1) is 0 Å². The van der Waals surface area contributed by atoms with Gasteiger partial charge in [-0.1, -0.05) is 51.7 Å². The van der Waals surface area contributed by atoms with Crippen LogP contribution in [-0.2, 0) is 4.74 Å². The van der Waals surface area contributed by atoms with E-state index in [2.05, 4.69) is 29.0 Å². The van der Waals surface area contributed by atoms with Gasteiger partial charge in [-0.25, -0.2) is 4.79 Å². The molecule has 6 heteroatoms. The molecule has 2 rings (SSSR count). The zero-order chi connectivity index (χ0) is 20.7. The summed E-state index contributed by atoms with van der Waals surface area (Å²) in [6, 6.07) is 7.54. The minimum absolute atomic E-state index is 0.403. The van der Waals surface area contributed by atoms with Crippen molar-refractivity contribution in [1.82, 2.24) is 9.80 Å². The zero-order valence-corrected chi connectivity index (χ0v) is 18.3. The number of hydrogen-bond donors (Lipinski definition) is 1. The monoisotopic (exact) mass is 405 g/mol. The average molecular weight is 406 g/mol. The van der Waals surface area contributed by atoms with Crippen LogP contribution in [0.3, 0.4) is 0 Å². The van der Waals surface area contributed by atoms with E-state index in [1.807, 2.05) is 24.3 Å². The highest BCUT2D eigenvalue weighted by Crippen LogP contribution is 2.24. The van der Waals surface area contributed by atoms with Crippen LogP contribution in [0.2, 0.25) is 0 Å².